The van der Waals surface area contributed by atoms with Crippen molar-refractivity contribution in [1.29, 1.82) is 0 Å². The Labute approximate surface area is 162 Å². The van der Waals surface area contributed by atoms with Crippen molar-refractivity contribution < 1.29 is 4.79 Å². The van der Waals surface area contributed by atoms with E-state index in [1.54, 1.807) is 13.2 Å². The smallest absolute Gasteiger partial charge is 0.222 e. The van der Waals surface area contributed by atoms with E-state index in [1.165, 1.54) is 19.3 Å². The van der Waals surface area contributed by atoms with Crippen LogP contribution in [-0.2, 0) is 11.3 Å². The number of nitrogens with zero attached hydrogens (tertiary/aromatic N) is 3. The fourth-order valence-electron chi connectivity index (χ4n) is 3.41. The largest absolute Gasteiger partial charge is 0.369 e. The third-order valence-electron chi connectivity index (χ3n) is 4.98. The van der Waals surface area contributed by atoms with Gasteiger partial charge in [-0.2, -0.15) is 0 Å². The van der Waals surface area contributed by atoms with E-state index in [0.717, 1.165) is 49.7 Å². The summed E-state index contributed by atoms with van der Waals surface area (Å²) in [5, 5.41) is 6.73. The average molecular weight is 375 g/mol. The zero-order chi connectivity index (χ0) is 19.5. The van der Waals surface area contributed by atoms with E-state index in [0.29, 0.717) is 13.1 Å². The highest BCUT2D eigenvalue weighted by Gasteiger charge is 2.25. The molecule has 0 aliphatic carbocycles. The third kappa shape index (κ3) is 6.73. The number of hydrogen-bond donors (Lipinski definition) is 3. The minimum absolute atomic E-state index is 0.0980. The Balaban J connectivity index is 1.92. The van der Waals surface area contributed by atoms with Crippen LogP contribution in [-0.4, -0.2) is 43.5 Å². The van der Waals surface area contributed by atoms with Crippen LogP contribution < -0.4 is 21.3 Å². The summed E-state index contributed by atoms with van der Waals surface area (Å²) in [6, 6.07) is 4.01. The van der Waals surface area contributed by atoms with Gasteiger partial charge in [0.15, 0.2) is 5.96 Å². The molecule has 1 saturated heterocycles. The van der Waals surface area contributed by atoms with Gasteiger partial charge >= 0.3 is 0 Å². The number of rotatable bonds is 9. The number of nitrogens with one attached hydrogen (secondary N) is 2. The molecule has 7 nitrogen and oxygen atoms in total. The molecule has 1 aromatic rings. The van der Waals surface area contributed by atoms with Gasteiger partial charge in [0.2, 0.25) is 5.91 Å². The van der Waals surface area contributed by atoms with Gasteiger partial charge in [-0.3, -0.25) is 9.79 Å². The first-order valence-electron chi connectivity index (χ1n) is 10.1. The summed E-state index contributed by atoms with van der Waals surface area (Å²) in [4.78, 5) is 22.6. The van der Waals surface area contributed by atoms with Crippen molar-refractivity contribution in [3.05, 3.63) is 23.9 Å². The van der Waals surface area contributed by atoms with Crippen LogP contribution in [0.25, 0.3) is 0 Å². The van der Waals surface area contributed by atoms with E-state index >= 15 is 0 Å². The van der Waals surface area contributed by atoms with Crippen molar-refractivity contribution in [2.24, 2.45) is 16.6 Å². The highest BCUT2D eigenvalue weighted by molar-refractivity contribution is 5.80. The summed E-state index contributed by atoms with van der Waals surface area (Å²) in [7, 11) is 1.79. The second-order valence-corrected chi connectivity index (χ2v) is 7.09. The summed E-state index contributed by atoms with van der Waals surface area (Å²) in [5.41, 5.74) is 6.61. The number of unbranched alkanes of at least 4 members (excludes halogenated alkanes) is 3. The Hall–Kier alpha value is -2.31. The highest BCUT2D eigenvalue weighted by Crippen LogP contribution is 2.24. The van der Waals surface area contributed by atoms with Crippen molar-refractivity contribution in [2.75, 3.05) is 31.6 Å². The van der Waals surface area contributed by atoms with Crippen molar-refractivity contribution in [3.63, 3.8) is 0 Å². The molecule has 1 amide bonds. The number of hydrogen-bond acceptors (Lipinski definition) is 4. The van der Waals surface area contributed by atoms with Crippen LogP contribution >= 0.6 is 0 Å². The van der Waals surface area contributed by atoms with Crippen molar-refractivity contribution >= 4 is 17.7 Å². The number of carbonyl (C=O) groups is 1. The molecule has 2 rings (SSSR count). The van der Waals surface area contributed by atoms with Crippen LogP contribution in [0, 0.1) is 5.92 Å². The molecule has 0 aromatic carbocycles. The van der Waals surface area contributed by atoms with E-state index < -0.39 is 0 Å². The molecule has 150 valence electrons. The topological polar surface area (TPSA) is 95.6 Å². The van der Waals surface area contributed by atoms with Crippen molar-refractivity contribution in [2.45, 2.75) is 52.0 Å². The predicted molar refractivity (Wildman–Crippen MR) is 111 cm³/mol. The fraction of sp³-hybridized carbons (Fsp3) is 0.650. The van der Waals surface area contributed by atoms with Crippen LogP contribution in [0.5, 0.6) is 0 Å². The molecule has 1 fully saturated rings. The summed E-state index contributed by atoms with van der Waals surface area (Å²) < 4.78 is 0. The lowest BCUT2D eigenvalue weighted by molar-refractivity contribution is -0.122. The lowest BCUT2D eigenvalue weighted by atomic mass is 9.97. The Morgan fingerprint density at radius 2 is 2.22 bits per heavy atom. The SMILES string of the molecule is CCCCCCNC(=NC)NCc1cccnc1N1CCCC(C(N)=O)C1. The molecule has 1 atom stereocenters. The van der Waals surface area contributed by atoms with Crippen LogP contribution in [0.1, 0.15) is 51.0 Å². The second kappa shape index (κ2) is 11.4. The molecule has 27 heavy (non-hydrogen) atoms. The summed E-state index contributed by atoms with van der Waals surface area (Å²) in [5.74, 6) is 1.41. The minimum Gasteiger partial charge on any atom is -0.369 e. The molecule has 0 radical (unpaired) electrons. The van der Waals surface area contributed by atoms with Gasteiger partial charge in [-0.25, -0.2) is 4.98 Å². The quantitative estimate of drug-likeness (QED) is 0.349. The highest BCUT2D eigenvalue weighted by atomic mass is 16.1. The molecule has 0 spiro atoms. The lowest BCUT2D eigenvalue weighted by Crippen LogP contribution is -2.42. The van der Waals surface area contributed by atoms with Crippen LogP contribution in [0.2, 0.25) is 0 Å². The molecule has 1 aliphatic heterocycles. The number of pyridine rings is 1. The molecule has 7 heteroatoms. The number of amides is 1. The number of aromatic nitrogens is 1. The molecule has 1 aromatic heterocycles. The van der Waals surface area contributed by atoms with Crippen LogP contribution in [0.3, 0.4) is 0 Å². The number of guanidine groups is 1. The van der Waals surface area contributed by atoms with Gasteiger partial charge in [0.05, 0.1) is 5.92 Å². The monoisotopic (exact) mass is 374 g/mol. The van der Waals surface area contributed by atoms with E-state index in [9.17, 15) is 4.79 Å². The Morgan fingerprint density at radius 3 is 2.96 bits per heavy atom. The minimum atomic E-state index is -0.219. The molecule has 2 heterocycles. The maximum Gasteiger partial charge on any atom is 0.222 e. The molecule has 1 aliphatic rings. The van der Waals surface area contributed by atoms with Crippen molar-refractivity contribution in [3.8, 4) is 0 Å². The summed E-state index contributed by atoms with van der Waals surface area (Å²) in [6.07, 6.45) is 8.52. The number of carbonyl (C=O) groups excluding carboxylic acids is 1. The second-order valence-electron chi connectivity index (χ2n) is 7.09. The average Bonchev–Trinajstić information content (AvgIpc) is 2.70. The van der Waals surface area contributed by atoms with E-state index in [1.807, 2.05) is 6.07 Å². The number of primary amides is 1. The molecule has 4 N–H and O–H groups in total. The van der Waals surface area contributed by atoms with Gasteiger partial charge in [-0.1, -0.05) is 32.3 Å². The number of nitrogens with two attached hydrogens (primary N) is 1. The zero-order valence-corrected chi connectivity index (χ0v) is 16.7. The normalized spacial score (nSPS) is 17.6. The Bertz CT molecular complexity index is 618. The third-order valence-corrected chi connectivity index (χ3v) is 4.98. The molecular weight excluding hydrogens is 340 g/mol. The Kier molecular flexibility index (Phi) is 8.87. The number of anilines is 1. The first kappa shape index (κ1) is 21.0. The molecular formula is C20H34N6O. The van der Waals surface area contributed by atoms with Crippen LogP contribution in [0.4, 0.5) is 5.82 Å². The lowest BCUT2D eigenvalue weighted by Gasteiger charge is -2.33. The first-order chi connectivity index (χ1) is 13.2. The van der Waals surface area contributed by atoms with Crippen molar-refractivity contribution in [1.82, 2.24) is 15.6 Å². The number of aliphatic imine (C=N–C) groups is 1. The maximum atomic E-state index is 11.6. The van der Waals surface area contributed by atoms with Gasteiger partial charge in [0.1, 0.15) is 5.82 Å². The number of piperidine rings is 1. The van der Waals surface area contributed by atoms with E-state index in [4.69, 9.17) is 5.73 Å². The fourth-order valence-corrected chi connectivity index (χ4v) is 3.41. The molecule has 1 unspecified atom stereocenters. The molecule has 0 saturated carbocycles. The Morgan fingerprint density at radius 1 is 1.37 bits per heavy atom. The van der Waals surface area contributed by atoms with E-state index in [2.05, 4.69) is 38.5 Å². The summed E-state index contributed by atoms with van der Waals surface area (Å²) in [6.45, 7) is 5.32. The summed E-state index contributed by atoms with van der Waals surface area (Å²) >= 11 is 0. The standard InChI is InChI=1S/C20H34N6O/c1-3-4-5-6-11-24-20(22-2)25-14-16-9-7-12-23-19(16)26-13-8-10-17(15-26)18(21)27/h7,9,12,17H,3-6,8,10-11,13-15H2,1-2H3,(H2,21,27)(H2,22,24,25). The van der Waals surface area contributed by atoms with Gasteiger partial charge in [-0.15, -0.1) is 0 Å². The first-order valence-corrected chi connectivity index (χ1v) is 10.1. The zero-order valence-electron chi connectivity index (χ0n) is 16.7. The van der Waals surface area contributed by atoms with Gasteiger partial charge < -0.3 is 21.3 Å². The van der Waals surface area contributed by atoms with Gasteiger partial charge in [0.25, 0.3) is 0 Å². The predicted octanol–water partition coefficient (Wildman–Crippen LogP) is 2.03. The molecule has 0 bridgehead atoms. The van der Waals surface area contributed by atoms with Crippen LogP contribution in [0.15, 0.2) is 23.3 Å². The van der Waals surface area contributed by atoms with Gasteiger partial charge in [-0.05, 0) is 25.3 Å². The van der Waals surface area contributed by atoms with E-state index in [-0.39, 0.29) is 11.8 Å². The maximum absolute atomic E-state index is 11.6. The van der Waals surface area contributed by atoms with Gasteiger partial charge in [0, 0.05) is 45.0 Å².